The summed E-state index contributed by atoms with van der Waals surface area (Å²) in [7, 11) is 0.226. The van der Waals surface area contributed by atoms with Crippen LogP contribution in [0.2, 0.25) is 0 Å². The summed E-state index contributed by atoms with van der Waals surface area (Å²) in [5, 5.41) is 0. The van der Waals surface area contributed by atoms with Crippen molar-refractivity contribution in [1.29, 1.82) is 0 Å². The van der Waals surface area contributed by atoms with Gasteiger partial charge in [0.05, 0.1) is 11.1 Å². The molecule has 1 radical (unpaired) electrons. The van der Waals surface area contributed by atoms with Crippen LogP contribution in [0.5, 0.6) is 11.5 Å². The van der Waals surface area contributed by atoms with Gasteiger partial charge in [-0.25, -0.2) is 35.1 Å². The second-order valence-electron chi connectivity index (χ2n) is 9.24. The molecule has 0 fully saturated rings. The maximum Gasteiger partial charge on any atom is 0.658 e. The average molecular weight is 577 g/mol. The Morgan fingerprint density at radius 1 is 0.463 bits per heavy atom. The zero-order chi connectivity index (χ0) is 29.8. The predicted molar refractivity (Wildman–Crippen MR) is 138 cm³/mol. The molecule has 0 bridgehead atoms. The van der Waals surface area contributed by atoms with E-state index in [9.17, 15) is 35.1 Å². The van der Waals surface area contributed by atoms with Crippen molar-refractivity contribution < 1.29 is 44.4 Å². The van der Waals surface area contributed by atoms with Crippen LogP contribution in [0.3, 0.4) is 0 Å². The molecule has 4 rings (SSSR count). The van der Waals surface area contributed by atoms with Crippen molar-refractivity contribution >= 4 is 7.69 Å². The lowest BCUT2D eigenvalue weighted by Gasteiger charge is -2.13. The van der Waals surface area contributed by atoms with E-state index in [2.05, 4.69) is 0 Å². The molecule has 0 aliphatic rings. The topological polar surface area (TPSA) is 18.5 Å². The lowest BCUT2D eigenvalue weighted by atomic mass is 10.00. The molecular formula is C30H22BF8O2. The number of benzene rings is 4. The number of hydrogen-bond donors (Lipinski definition) is 0. The molecular weight excluding hydrogens is 555 g/mol. The monoisotopic (exact) mass is 577 g/mol. The third-order valence-corrected chi connectivity index (χ3v) is 6.19. The van der Waals surface area contributed by atoms with E-state index in [1.165, 1.54) is 0 Å². The van der Waals surface area contributed by atoms with Gasteiger partial charge < -0.3 is 9.31 Å². The van der Waals surface area contributed by atoms with Crippen LogP contribution in [-0.4, -0.2) is 7.69 Å². The second-order valence-corrected chi connectivity index (χ2v) is 9.24. The minimum absolute atomic E-state index is 0.226. The van der Waals surface area contributed by atoms with Crippen LogP contribution in [-0.2, 0) is 12.8 Å². The molecule has 0 spiro atoms. The molecule has 41 heavy (non-hydrogen) atoms. The molecule has 4 aromatic carbocycles. The van der Waals surface area contributed by atoms with Crippen LogP contribution in [0.4, 0.5) is 35.1 Å². The molecule has 2 nitrogen and oxygen atoms in total. The Kier molecular flexibility index (Phi) is 9.25. The SMILES string of the molecule is CCCc1cc(F)c(-c2cc(F)c(O[B]Oc3c(F)cc(-c4c(F)cc(CCC)cc4F)cc3F)c(F)c2)c(F)c1. The molecule has 0 aliphatic carbocycles. The zero-order valence-corrected chi connectivity index (χ0v) is 21.9. The summed E-state index contributed by atoms with van der Waals surface area (Å²) < 4.78 is 126. The molecule has 0 unspecified atom stereocenters. The Morgan fingerprint density at radius 2 is 0.756 bits per heavy atom. The fourth-order valence-electron chi connectivity index (χ4n) is 4.42. The first-order chi connectivity index (χ1) is 19.5. The van der Waals surface area contributed by atoms with Gasteiger partial charge >= 0.3 is 7.69 Å². The van der Waals surface area contributed by atoms with Crippen molar-refractivity contribution in [2.24, 2.45) is 0 Å². The molecule has 213 valence electrons. The van der Waals surface area contributed by atoms with Crippen molar-refractivity contribution in [3.05, 3.63) is 106 Å². The van der Waals surface area contributed by atoms with Gasteiger partial charge in [-0.2, -0.15) is 0 Å². The third kappa shape index (κ3) is 6.50. The molecule has 0 amide bonds. The van der Waals surface area contributed by atoms with Crippen LogP contribution < -0.4 is 9.31 Å². The van der Waals surface area contributed by atoms with E-state index >= 15 is 0 Å². The van der Waals surface area contributed by atoms with E-state index in [-0.39, 0.29) is 7.69 Å². The van der Waals surface area contributed by atoms with Gasteiger partial charge in [0.1, 0.15) is 23.3 Å². The minimum atomic E-state index is -1.38. The minimum Gasteiger partial charge on any atom is -0.522 e. The number of halogens is 8. The molecule has 0 N–H and O–H groups in total. The molecule has 4 aromatic rings. The van der Waals surface area contributed by atoms with Gasteiger partial charge in [0.15, 0.2) is 34.8 Å². The first-order valence-electron chi connectivity index (χ1n) is 12.6. The summed E-state index contributed by atoms with van der Waals surface area (Å²) in [6.07, 6.45) is 2.08. The van der Waals surface area contributed by atoms with Gasteiger partial charge in [0.2, 0.25) is 0 Å². The Balaban J connectivity index is 1.52. The highest BCUT2D eigenvalue weighted by Crippen LogP contribution is 2.35. The van der Waals surface area contributed by atoms with Crippen LogP contribution >= 0.6 is 0 Å². The van der Waals surface area contributed by atoms with Gasteiger partial charge in [0, 0.05) is 0 Å². The van der Waals surface area contributed by atoms with Crippen molar-refractivity contribution in [2.75, 3.05) is 0 Å². The molecule has 0 aromatic heterocycles. The van der Waals surface area contributed by atoms with E-state index in [1.807, 2.05) is 13.8 Å². The standard InChI is InChI=1S/C30H22BF8O2/c1-3-5-15-7-19(32)27(20(33)8-15)17-11-23(36)29(24(37)12-17)40-31-41-30-25(38)13-18(14-26(30)39)28-21(34)9-16(6-4-2)10-22(28)35/h7-14H,3-6H2,1-2H3. The van der Waals surface area contributed by atoms with E-state index in [4.69, 9.17) is 9.31 Å². The Labute approximate surface area is 231 Å². The maximum atomic E-state index is 14.6. The highest BCUT2D eigenvalue weighted by Gasteiger charge is 2.23. The first kappa shape index (κ1) is 30.0. The van der Waals surface area contributed by atoms with Gasteiger partial charge in [-0.3, -0.25) is 0 Å². The summed E-state index contributed by atoms with van der Waals surface area (Å²) in [6.45, 7) is 3.64. The second kappa shape index (κ2) is 12.7. The van der Waals surface area contributed by atoms with Crippen molar-refractivity contribution in [2.45, 2.75) is 39.5 Å². The quantitative estimate of drug-likeness (QED) is 0.138. The number of aryl methyl sites for hydroxylation is 2. The Morgan fingerprint density at radius 3 is 1.02 bits per heavy atom. The zero-order valence-electron chi connectivity index (χ0n) is 21.9. The van der Waals surface area contributed by atoms with Crippen molar-refractivity contribution in [3.63, 3.8) is 0 Å². The number of hydrogen-bond acceptors (Lipinski definition) is 2. The van der Waals surface area contributed by atoms with E-state index in [0.29, 0.717) is 61.1 Å². The van der Waals surface area contributed by atoms with E-state index in [0.717, 1.165) is 24.3 Å². The van der Waals surface area contributed by atoms with Crippen LogP contribution in [0.25, 0.3) is 22.3 Å². The highest BCUT2D eigenvalue weighted by atomic mass is 19.2. The predicted octanol–water partition coefficient (Wildman–Crippen LogP) is 9.03. The fourth-order valence-corrected chi connectivity index (χ4v) is 4.42. The molecule has 0 aliphatic heterocycles. The van der Waals surface area contributed by atoms with Crippen molar-refractivity contribution in [3.8, 4) is 33.8 Å². The molecule has 11 heteroatoms. The summed E-state index contributed by atoms with van der Waals surface area (Å²) >= 11 is 0. The van der Waals surface area contributed by atoms with Crippen LogP contribution in [0.1, 0.15) is 37.8 Å². The summed E-state index contributed by atoms with van der Waals surface area (Å²) in [6, 6.07) is 6.78. The van der Waals surface area contributed by atoms with Gasteiger partial charge in [0.25, 0.3) is 0 Å². The largest absolute Gasteiger partial charge is 0.658 e. The van der Waals surface area contributed by atoms with Gasteiger partial charge in [-0.1, -0.05) is 26.7 Å². The average Bonchev–Trinajstić information content (AvgIpc) is 2.86. The van der Waals surface area contributed by atoms with Crippen LogP contribution in [0.15, 0.2) is 48.5 Å². The lowest BCUT2D eigenvalue weighted by Crippen LogP contribution is -2.15. The first-order valence-corrected chi connectivity index (χ1v) is 12.6. The molecule has 0 atom stereocenters. The normalized spacial score (nSPS) is 11.1. The fraction of sp³-hybridized carbons (Fsp3) is 0.200. The summed E-state index contributed by atoms with van der Waals surface area (Å²) in [4.78, 5) is 0. The van der Waals surface area contributed by atoms with E-state index < -0.39 is 80.3 Å². The van der Waals surface area contributed by atoms with Gasteiger partial charge in [-0.15, -0.1) is 0 Å². The highest BCUT2D eigenvalue weighted by molar-refractivity contribution is 6.20. The molecule has 0 saturated carbocycles. The maximum absolute atomic E-state index is 14.6. The lowest BCUT2D eigenvalue weighted by molar-refractivity contribution is 0.388. The number of rotatable bonds is 10. The smallest absolute Gasteiger partial charge is 0.522 e. The van der Waals surface area contributed by atoms with Gasteiger partial charge in [-0.05, 0) is 83.6 Å². The van der Waals surface area contributed by atoms with E-state index in [1.54, 1.807) is 0 Å². The van der Waals surface area contributed by atoms with Crippen LogP contribution in [0, 0.1) is 46.5 Å². The Hall–Kier alpha value is -4.02. The Bertz CT molecular complexity index is 1380. The molecule has 0 heterocycles. The third-order valence-electron chi connectivity index (χ3n) is 6.19. The van der Waals surface area contributed by atoms with Crippen molar-refractivity contribution in [1.82, 2.24) is 0 Å². The molecule has 0 saturated heterocycles. The summed E-state index contributed by atoms with van der Waals surface area (Å²) in [5.41, 5.74) is -1.42. The summed E-state index contributed by atoms with van der Waals surface area (Å²) in [5.74, 6) is -11.7.